The number of piperidine rings is 1. The molecule has 3 heterocycles. The summed E-state index contributed by atoms with van der Waals surface area (Å²) >= 11 is 1.64. The summed E-state index contributed by atoms with van der Waals surface area (Å²) in [5, 5.41) is 10.6. The molecule has 0 spiro atoms. The second kappa shape index (κ2) is 10.3. The zero-order valence-electron chi connectivity index (χ0n) is 18.8. The number of aromatic nitrogens is 3. The maximum atomic E-state index is 12.9. The van der Waals surface area contributed by atoms with Gasteiger partial charge in [-0.1, -0.05) is 30.3 Å². The van der Waals surface area contributed by atoms with Gasteiger partial charge in [-0.25, -0.2) is 4.98 Å². The Labute approximate surface area is 193 Å². The van der Waals surface area contributed by atoms with Crippen LogP contribution in [0, 0.1) is 0 Å². The second-order valence-electron chi connectivity index (χ2n) is 8.23. The monoisotopic (exact) mass is 453 g/mol. The predicted octanol–water partition coefficient (Wildman–Crippen LogP) is 3.48. The van der Waals surface area contributed by atoms with Crippen LogP contribution in [0.5, 0.6) is 0 Å². The molecule has 0 aliphatic carbocycles. The van der Waals surface area contributed by atoms with Crippen molar-refractivity contribution in [3.8, 4) is 0 Å². The summed E-state index contributed by atoms with van der Waals surface area (Å²) in [4.78, 5) is 19.9. The zero-order valence-corrected chi connectivity index (χ0v) is 19.6. The molecule has 1 amide bonds. The quantitative estimate of drug-likeness (QED) is 0.502. The molecule has 0 unspecified atom stereocenters. The lowest BCUT2D eigenvalue weighted by Gasteiger charge is -2.41. The Bertz CT molecular complexity index is 1010. The van der Waals surface area contributed by atoms with Crippen LogP contribution < -0.4 is 5.32 Å². The van der Waals surface area contributed by atoms with Crippen LogP contribution in [0.15, 0.2) is 48.0 Å². The fourth-order valence-electron chi connectivity index (χ4n) is 4.46. The first-order valence-corrected chi connectivity index (χ1v) is 12.0. The van der Waals surface area contributed by atoms with E-state index in [1.54, 1.807) is 24.6 Å². The molecule has 8 heteroatoms. The second-order valence-corrected chi connectivity index (χ2v) is 9.09. The van der Waals surface area contributed by atoms with Gasteiger partial charge in [0.15, 0.2) is 5.13 Å². The Morgan fingerprint density at radius 2 is 2.00 bits per heavy atom. The first-order chi connectivity index (χ1) is 15.6. The molecule has 1 N–H and O–H groups in total. The molecule has 0 bridgehead atoms. The minimum Gasteiger partial charge on any atom is -0.383 e. The van der Waals surface area contributed by atoms with E-state index in [4.69, 9.17) is 9.72 Å². The lowest BCUT2D eigenvalue weighted by atomic mass is 9.70. The van der Waals surface area contributed by atoms with Crippen molar-refractivity contribution in [3.63, 3.8) is 0 Å². The van der Waals surface area contributed by atoms with Gasteiger partial charge in [0, 0.05) is 62.9 Å². The van der Waals surface area contributed by atoms with Gasteiger partial charge < -0.3 is 15.0 Å². The lowest BCUT2D eigenvalue weighted by Crippen LogP contribution is -2.46. The number of thiazole rings is 1. The predicted molar refractivity (Wildman–Crippen MR) is 127 cm³/mol. The molecule has 7 nitrogen and oxygen atoms in total. The highest BCUT2D eigenvalue weighted by atomic mass is 32.1. The van der Waals surface area contributed by atoms with E-state index in [2.05, 4.69) is 40.1 Å². The Morgan fingerprint density at radius 3 is 2.69 bits per heavy atom. The highest BCUT2D eigenvalue weighted by Crippen LogP contribution is 2.42. The van der Waals surface area contributed by atoms with Gasteiger partial charge in [-0.05, 0) is 30.9 Å². The number of nitrogens with zero attached hydrogens (tertiary/aromatic N) is 4. The van der Waals surface area contributed by atoms with Crippen LogP contribution in [0.25, 0.3) is 0 Å². The third-order valence-electron chi connectivity index (χ3n) is 6.39. The van der Waals surface area contributed by atoms with Gasteiger partial charge >= 0.3 is 0 Å². The van der Waals surface area contributed by atoms with Gasteiger partial charge in [0.05, 0.1) is 12.3 Å². The molecule has 0 radical (unpaired) electrons. The van der Waals surface area contributed by atoms with Gasteiger partial charge in [0.2, 0.25) is 5.91 Å². The number of methoxy groups -OCH3 is 1. The van der Waals surface area contributed by atoms with Crippen molar-refractivity contribution in [2.24, 2.45) is 7.05 Å². The molecular formula is C24H31N5O2S. The van der Waals surface area contributed by atoms with Crippen molar-refractivity contribution < 1.29 is 9.53 Å². The third-order valence-corrected chi connectivity index (χ3v) is 7.19. The molecule has 2 aromatic heterocycles. The van der Waals surface area contributed by atoms with E-state index in [0.29, 0.717) is 13.0 Å². The maximum Gasteiger partial charge on any atom is 0.222 e. The van der Waals surface area contributed by atoms with Crippen LogP contribution in [0.3, 0.4) is 0 Å². The lowest BCUT2D eigenvalue weighted by molar-refractivity contribution is -0.132. The fraction of sp³-hybridized carbons (Fsp3) is 0.458. The van der Waals surface area contributed by atoms with E-state index >= 15 is 0 Å². The number of anilines is 1. The number of benzene rings is 1. The zero-order chi connectivity index (χ0) is 22.4. The molecule has 1 aromatic carbocycles. The number of carbonyl (C=O) groups is 1. The molecule has 4 rings (SSSR count). The number of aryl methyl sites for hydroxylation is 2. The molecule has 170 valence electrons. The number of hydrogen-bond acceptors (Lipinski definition) is 6. The first-order valence-electron chi connectivity index (χ1n) is 11.1. The summed E-state index contributed by atoms with van der Waals surface area (Å²) in [5.41, 5.74) is 3.29. The van der Waals surface area contributed by atoms with Crippen LogP contribution in [-0.2, 0) is 28.4 Å². The van der Waals surface area contributed by atoms with Crippen LogP contribution in [0.1, 0.15) is 36.2 Å². The van der Waals surface area contributed by atoms with E-state index in [1.807, 2.05) is 28.8 Å². The number of ether oxygens (including phenoxy) is 1. The van der Waals surface area contributed by atoms with Gasteiger partial charge in [0.1, 0.15) is 0 Å². The standard InChI is InChI=1S/C24H31N5O2S/c1-28-20(10-13-26-28)8-9-22(30)29-15-11-24(12-16-29,19-6-4-3-5-7-19)21-18-32-23(27-21)25-14-17-31-2/h3-7,10,13,18H,8-9,11-12,14-17H2,1-2H3,(H,25,27). The van der Waals surface area contributed by atoms with Crippen LogP contribution in [-0.4, -0.2) is 58.9 Å². The number of rotatable bonds is 9. The number of likely N-dealkylation sites (tertiary alicyclic amines) is 1. The number of hydrogen-bond donors (Lipinski definition) is 1. The van der Waals surface area contributed by atoms with Crippen molar-refractivity contribution in [1.29, 1.82) is 0 Å². The van der Waals surface area contributed by atoms with Crippen molar-refractivity contribution in [2.45, 2.75) is 31.1 Å². The summed E-state index contributed by atoms with van der Waals surface area (Å²) in [5.74, 6) is 0.216. The molecule has 1 fully saturated rings. The third kappa shape index (κ3) is 4.86. The molecule has 1 aliphatic heterocycles. The molecule has 0 atom stereocenters. The summed E-state index contributed by atoms with van der Waals surface area (Å²) in [6.45, 7) is 2.86. The van der Waals surface area contributed by atoms with E-state index in [9.17, 15) is 4.79 Å². The summed E-state index contributed by atoms with van der Waals surface area (Å²) in [6, 6.07) is 12.6. The molecular weight excluding hydrogens is 422 g/mol. The normalized spacial score (nSPS) is 15.6. The first kappa shape index (κ1) is 22.5. The van der Waals surface area contributed by atoms with Crippen LogP contribution in [0.2, 0.25) is 0 Å². The minimum atomic E-state index is -0.169. The van der Waals surface area contributed by atoms with Crippen LogP contribution >= 0.6 is 11.3 Å². The summed E-state index contributed by atoms with van der Waals surface area (Å²) < 4.78 is 6.97. The van der Waals surface area contributed by atoms with E-state index < -0.39 is 0 Å². The van der Waals surface area contributed by atoms with Crippen molar-refractivity contribution >= 4 is 22.4 Å². The molecule has 32 heavy (non-hydrogen) atoms. The molecule has 1 saturated heterocycles. The Morgan fingerprint density at radius 1 is 1.22 bits per heavy atom. The van der Waals surface area contributed by atoms with Crippen molar-refractivity contribution in [1.82, 2.24) is 19.7 Å². The number of nitrogens with one attached hydrogen (secondary N) is 1. The molecule has 1 aliphatic rings. The van der Waals surface area contributed by atoms with E-state index in [0.717, 1.165) is 55.4 Å². The fourth-order valence-corrected chi connectivity index (χ4v) is 5.30. The average molecular weight is 454 g/mol. The maximum absolute atomic E-state index is 12.9. The van der Waals surface area contributed by atoms with E-state index in [-0.39, 0.29) is 11.3 Å². The average Bonchev–Trinajstić information content (AvgIpc) is 3.47. The van der Waals surface area contributed by atoms with Gasteiger partial charge in [0.25, 0.3) is 0 Å². The smallest absolute Gasteiger partial charge is 0.222 e. The Hall–Kier alpha value is -2.71. The number of carbonyl (C=O) groups excluding carboxylic acids is 1. The molecule has 0 saturated carbocycles. The van der Waals surface area contributed by atoms with E-state index in [1.165, 1.54) is 5.56 Å². The van der Waals surface area contributed by atoms with Crippen molar-refractivity contribution in [3.05, 3.63) is 64.9 Å². The minimum absolute atomic E-state index is 0.169. The Kier molecular flexibility index (Phi) is 7.22. The number of amides is 1. The van der Waals surface area contributed by atoms with Gasteiger partial charge in [-0.15, -0.1) is 11.3 Å². The molecule has 3 aromatic rings. The largest absolute Gasteiger partial charge is 0.383 e. The topological polar surface area (TPSA) is 72.3 Å². The summed E-state index contributed by atoms with van der Waals surface area (Å²) in [7, 11) is 3.62. The highest BCUT2D eigenvalue weighted by molar-refractivity contribution is 7.13. The van der Waals surface area contributed by atoms with Gasteiger partial charge in [-0.2, -0.15) is 5.10 Å². The van der Waals surface area contributed by atoms with Crippen LogP contribution in [0.4, 0.5) is 5.13 Å². The van der Waals surface area contributed by atoms with Gasteiger partial charge in [-0.3, -0.25) is 9.48 Å². The Balaban J connectivity index is 1.46. The van der Waals surface area contributed by atoms with Crippen molar-refractivity contribution in [2.75, 3.05) is 38.7 Å². The SMILES string of the molecule is COCCNc1nc(C2(c3ccccc3)CCN(C(=O)CCc3ccnn3C)CC2)cs1. The summed E-state index contributed by atoms with van der Waals surface area (Å²) in [6.07, 6.45) is 4.76. The highest BCUT2D eigenvalue weighted by Gasteiger charge is 2.40.